The predicted molar refractivity (Wildman–Crippen MR) is 72.2 cm³/mol. The van der Waals surface area contributed by atoms with Gasteiger partial charge in [-0.2, -0.15) is 0 Å². The van der Waals surface area contributed by atoms with Crippen LogP contribution >= 0.6 is 11.8 Å². The molecular formula is C11H16N4S. The quantitative estimate of drug-likeness (QED) is 0.677. The van der Waals surface area contributed by atoms with Gasteiger partial charge in [0, 0.05) is 0 Å². The Morgan fingerprint density at radius 1 is 1.19 bits per heavy atom. The zero-order valence-electron chi connectivity index (χ0n) is 9.46. The van der Waals surface area contributed by atoms with E-state index in [1.165, 1.54) is 25.7 Å². The largest absolute Gasteiger partial charge is 0.255 e. The van der Waals surface area contributed by atoms with Crippen molar-refractivity contribution in [2.45, 2.75) is 38.6 Å². The van der Waals surface area contributed by atoms with E-state index in [2.05, 4.69) is 26.9 Å². The molecule has 2 aliphatic rings. The van der Waals surface area contributed by atoms with E-state index < -0.39 is 0 Å². The minimum Gasteiger partial charge on any atom is -0.255 e. The number of hydrogen-bond donors (Lipinski definition) is 0. The molecule has 2 rings (SSSR count). The first-order valence-electron chi connectivity index (χ1n) is 5.74. The van der Waals surface area contributed by atoms with Crippen molar-refractivity contribution in [3.8, 4) is 0 Å². The minimum absolute atomic E-state index is 0.0128. The minimum atomic E-state index is -0.0128. The molecule has 0 aromatic rings. The summed E-state index contributed by atoms with van der Waals surface area (Å²) in [6.07, 6.45) is 8.32. The van der Waals surface area contributed by atoms with E-state index in [1.54, 1.807) is 24.4 Å². The van der Waals surface area contributed by atoms with E-state index in [0.717, 1.165) is 16.6 Å². The molecule has 0 radical (unpaired) electrons. The van der Waals surface area contributed by atoms with Gasteiger partial charge in [0.15, 0.2) is 11.9 Å². The Morgan fingerprint density at radius 3 is 3.00 bits per heavy atom. The van der Waals surface area contributed by atoms with Crippen molar-refractivity contribution in [3.63, 3.8) is 0 Å². The summed E-state index contributed by atoms with van der Waals surface area (Å²) in [7, 11) is 0. The van der Waals surface area contributed by atoms with E-state index in [-0.39, 0.29) is 6.04 Å². The maximum Gasteiger partial charge on any atom is 0.163 e. The molecule has 5 heteroatoms. The van der Waals surface area contributed by atoms with Crippen LogP contribution in [0, 0.1) is 0 Å². The highest BCUT2D eigenvalue weighted by molar-refractivity contribution is 8.14. The fourth-order valence-electron chi connectivity index (χ4n) is 1.61. The van der Waals surface area contributed by atoms with Gasteiger partial charge in [-0.25, -0.2) is 15.0 Å². The molecule has 0 aromatic heterocycles. The second-order valence-corrected chi connectivity index (χ2v) is 4.89. The Labute approximate surface area is 100 Å². The third kappa shape index (κ3) is 2.78. The molecule has 86 valence electrons. The van der Waals surface area contributed by atoms with Crippen molar-refractivity contribution in [2.75, 3.05) is 5.75 Å². The molecule has 0 fully saturated rings. The second kappa shape index (κ2) is 5.94. The van der Waals surface area contributed by atoms with Crippen molar-refractivity contribution in [1.82, 2.24) is 0 Å². The summed E-state index contributed by atoms with van der Waals surface area (Å²) in [6, 6.07) is -0.0128. The molecule has 1 unspecified atom stereocenters. The Morgan fingerprint density at radius 2 is 2.12 bits per heavy atom. The Balaban J connectivity index is 1.77. The maximum absolute atomic E-state index is 4.28. The first-order valence-corrected chi connectivity index (χ1v) is 6.72. The number of thioether (sulfide) groups is 1. The van der Waals surface area contributed by atoms with Crippen molar-refractivity contribution in [2.24, 2.45) is 20.0 Å². The topological polar surface area (TPSA) is 49.4 Å². The highest BCUT2D eigenvalue weighted by Gasteiger charge is 2.25. The lowest BCUT2D eigenvalue weighted by Crippen LogP contribution is -2.25. The molecular weight excluding hydrogens is 220 g/mol. The summed E-state index contributed by atoms with van der Waals surface area (Å²) in [5.74, 6) is 1.90. The van der Waals surface area contributed by atoms with Crippen LogP contribution in [-0.2, 0) is 0 Å². The number of rotatable bonds is 5. The highest BCUT2D eigenvalue weighted by Crippen LogP contribution is 2.19. The van der Waals surface area contributed by atoms with E-state index in [1.807, 2.05) is 0 Å². The third-order valence-electron chi connectivity index (χ3n) is 2.51. The SMILES string of the molecule is CCCCCCSC1=NC=NC2=NC=NC21. The lowest BCUT2D eigenvalue weighted by Gasteiger charge is -2.13. The van der Waals surface area contributed by atoms with Crippen LogP contribution in [0.5, 0.6) is 0 Å². The standard InChI is InChI=1S/C11H16N4S/c1-2-3-4-5-6-16-11-9-10(13-7-12-9)14-8-15-11/h7-9H,2-6H2,1H3. The van der Waals surface area contributed by atoms with Gasteiger partial charge in [-0.3, -0.25) is 4.99 Å². The van der Waals surface area contributed by atoms with Crippen LogP contribution in [0.1, 0.15) is 32.6 Å². The molecule has 1 atom stereocenters. The lowest BCUT2D eigenvalue weighted by molar-refractivity contribution is 0.707. The molecule has 0 amide bonds. The van der Waals surface area contributed by atoms with Crippen LogP contribution in [0.3, 0.4) is 0 Å². The molecule has 0 spiro atoms. The summed E-state index contributed by atoms with van der Waals surface area (Å²) in [5.41, 5.74) is 0. The van der Waals surface area contributed by atoms with Gasteiger partial charge < -0.3 is 0 Å². The van der Waals surface area contributed by atoms with Gasteiger partial charge in [0.05, 0.1) is 0 Å². The van der Waals surface area contributed by atoms with Gasteiger partial charge in [0.2, 0.25) is 0 Å². The normalized spacial score (nSPS) is 21.9. The van der Waals surface area contributed by atoms with Crippen molar-refractivity contribution < 1.29 is 0 Å². The Bertz CT molecular complexity index is 357. The average Bonchev–Trinajstić information content (AvgIpc) is 2.77. The zero-order valence-corrected chi connectivity index (χ0v) is 10.3. The van der Waals surface area contributed by atoms with Crippen LogP contribution in [-0.4, -0.2) is 35.4 Å². The fourth-order valence-corrected chi connectivity index (χ4v) is 2.62. The van der Waals surface area contributed by atoms with E-state index >= 15 is 0 Å². The number of unbranched alkanes of at least 4 members (excludes halogenated alkanes) is 3. The van der Waals surface area contributed by atoms with Crippen LogP contribution in [0.15, 0.2) is 20.0 Å². The Hall–Kier alpha value is -0.970. The number of nitrogens with zero attached hydrogens (tertiary/aromatic N) is 4. The molecule has 0 aromatic carbocycles. The maximum atomic E-state index is 4.28. The Kier molecular flexibility index (Phi) is 4.27. The first-order chi connectivity index (χ1) is 7.92. The van der Waals surface area contributed by atoms with E-state index in [9.17, 15) is 0 Å². The fraction of sp³-hybridized carbons (Fsp3) is 0.636. The molecule has 2 heterocycles. The summed E-state index contributed by atoms with van der Waals surface area (Å²) in [5, 5.41) is 1.04. The van der Waals surface area contributed by atoms with Crippen LogP contribution in [0.2, 0.25) is 0 Å². The average molecular weight is 236 g/mol. The van der Waals surface area contributed by atoms with Gasteiger partial charge in [0.25, 0.3) is 0 Å². The van der Waals surface area contributed by atoms with Crippen LogP contribution in [0.25, 0.3) is 0 Å². The molecule has 4 nitrogen and oxygen atoms in total. The van der Waals surface area contributed by atoms with E-state index in [4.69, 9.17) is 0 Å². The van der Waals surface area contributed by atoms with Crippen LogP contribution in [0.4, 0.5) is 0 Å². The monoisotopic (exact) mass is 236 g/mol. The number of fused-ring (bicyclic) bond motifs is 1. The first kappa shape index (κ1) is 11.5. The van der Waals surface area contributed by atoms with Crippen molar-refractivity contribution >= 4 is 35.3 Å². The predicted octanol–water partition coefficient (Wildman–Crippen LogP) is 2.55. The van der Waals surface area contributed by atoms with Gasteiger partial charge in [-0.1, -0.05) is 26.2 Å². The number of amidine groups is 1. The number of hydrogen-bond acceptors (Lipinski definition) is 5. The van der Waals surface area contributed by atoms with Gasteiger partial charge in [-0.15, -0.1) is 11.8 Å². The smallest absolute Gasteiger partial charge is 0.163 e. The molecule has 0 saturated carbocycles. The third-order valence-corrected chi connectivity index (χ3v) is 3.62. The second-order valence-electron chi connectivity index (χ2n) is 3.78. The molecule has 0 saturated heterocycles. The van der Waals surface area contributed by atoms with Gasteiger partial charge in [-0.05, 0) is 12.2 Å². The number of aliphatic imine (C=N–C) groups is 4. The van der Waals surface area contributed by atoms with Gasteiger partial charge in [0.1, 0.15) is 17.7 Å². The summed E-state index contributed by atoms with van der Waals surface area (Å²) in [6.45, 7) is 2.23. The molecule has 16 heavy (non-hydrogen) atoms. The lowest BCUT2D eigenvalue weighted by atomic mass is 10.2. The highest BCUT2D eigenvalue weighted by atomic mass is 32.2. The molecule has 0 bridgehead atoms. The summed E-state index contributed by atoms with van der Waals surface area (Å²) in [4.78, 5) is 16.7. The van der Waals surface area contributed by atoms with Gasteiger partial charge >= 0.3 is 0 Å². The molecule has 0 aliphatic carbocycles. The molecule has 2 aliphatic heterocycles. The van der Waals surface area contributed by atoms with Crippen LogP contribution < -0.4 is 0 Å². The van der Waals surface area contributed by atoms with E-state index in [0.29, 0.717) is 0 Å². The summed E-state index contributed by atoms with van der Waals surface area (Å²) < 4.78 is 0. The van der Waals surface area contributed by atoms with Crippen molar-refractivity contribution in [1.29, 1.82) is 0 Å². The zero-order chi connectivity index (χ0) is 11.2. The van der Waals surface area contributed by atoms with Crippen molar-refractivity contribution in [3.05, 3.63) is 0 Å². The molecule has 0 N–H and O–H groups in total. The summed E-state index contributed by atoms with van der Waals surface area (Å²) >= 11 is 1.79.